The summed E-state index contributed by atoms with van der Waals surface area (Å²) in [6, 6.07) is 5.80. The van der Waals surface area contributed by atoms with E-state index in [-0.39, 0.29) is 5.91 Å². The van der Waals surface area contributed by atoms with Gasteiger partial charge in [0, 0.05) is 25.3 Å². The molecule has 0 spiro atoms. The highest BCUT2D eigenvalue weighted by molar-refractivity contribution is 5.94. The number of ether oxygens (including phenoxy) is 1. The van der Waals surface area contributed by atoms with E-state index < -0.39 is 0 Å². The summed E-state index contributed by atoms with van der Waals surface area (Å²) in [5.41, 5.74) is 3.10. The summed E-state index contributed by atoms with van der Waals surface area (Å²) in [6.07, 6.45) is 3.52. The lowest BCUT2D eigenvalue weighted by molar-refractivity contribution is 0.0937. The van der Waals surface area contributed by atoms with Crippen molar-refractivity contribution in [2.45, 2.75) is 33.1 Å². The predicted octanol–water partition coefficient (Wildman–Crippen LogP) is 2.85. The summed E-state index contributed by atoms with van der Waals surface area (Å²) >= 11 is 0. The van der Waals surface area contributed by atoms with Crippen LogP contribution in [-0.4, -0.2) is 25.7 Å². The van der Waals surface area contributed by atoms with Gasteiger partial charge in [-0.2, -0.15) is 0 Å². The standard InChI is InChI=1S/C16H23NO2/c1-12-4-7-15(10-13(12)2)16(18)17-8-3-9-19-11-14-5-6-14/h4,7,10,14H,3,5-6,8-9,11H2,1-2H3,(H,17,18). The molecule has 0 saturated heterocycles. The second kappa shape index (κ2) is 6.71. The summed E-state index contributed by atoms with van der Waals surface area (Å²) in [5.74, 6) is 0.815. The van der Waals surface area contributed by atoms with E-state index in [1.165, 1.54) is 18.4 Å². The largest absolute Gasteiger partial charge is 0.381 e. The normalized spacial score (nSPS) is 14.4. The minimum absolute atomic E-state index is 0.00490. The molecule has 3 nitrogen and oxygen atoms in total. The number of nitrogens with one attached hydrogen (secondary N) is 1. The molecular formula is C16H23NO2. The minimum atomic E-state index is 0.00490. The zero-order chi connectivity index (χ0) is 13.7. The summed E-state index contributed by atoms with van der Waals surface area (Å²) in [5, 5.41) is 2.93. The number of hydrogen-bond donors (Lipinski definition) is 1. The van der Waals surface area contributed by atoms with E-state index in [1.807, 2.05) is 32.0 Å². The van der Waals surface area contributed by atoms with Crippen LogP contribution in [-0.2, 0) is 4.74 Å². The molecule has 3 heteroatoms. The van der Waals surface area contributed by atoms with Crippen LogP contribution in [0.4, 0.5) is 0 Å². The number of rotatable bonds is 7. The Morgan fingerprint density at radius 3 is 2.79 bits per heavy atom. The lowest BCUT2D eigenvalue weighted by Gasteiger charge is -2.07. The molecule has 0 aromatic heterocycles. The maximum Gasteiger partial charge on any atom is 0.251 e. The van der Waals surface area contributed by atoms with Gasteiger partial charge < -0.3 is 10.1 Å². The molecule has 1 aromatic rings. The second-order valence-corrected chi connectivity index (χ2v) is 5.43. The Bertz CT molecular complexity index is 438. The molecule has 0 atom stereocenters. The van der Waals surface area contributed by atoms with Crippen LogP contribution < -0.4 is 5.32 Å². The second-order valence-electron chi connectivity index (χ2n) is 5.43. The van der Waals surface area contributed by atoms with Gasteiger partial charge in [0.25, 0.3) is 5.91 Å². The van der Waals surface area contributed by atoms with Gasteiger partial charge in [0.1, 0.15) is 0 Å². The molecule has 1 aliphatic rings. The van der Waals surface area contributed by atoms with Crippen LogP contribution in [0.15, 0.2) is 18.2 Å². The first-order chi connectivity index (χ1) is 9.16. The van der Waals surface area contributed by atoms with Crippen LogP contribution in [0.3, 0.4) is 0 Å². The maximum atomic E-state index is 11.9. The number of benzene rings is 1. The van der Waals surface area contributed by atoms with Gasteiger partial charge in [0.15, 0.2) is 0 Å². The van der Waals surface area contributed by atoms with Crippen molar-refractivity contribution < 1.29 is 9.53 Å². The molecule has 1 fully saturated rings. The van der Waals surface area contributed by atoms with Crippen molar-refractivity contribution in [3.05, 3.63) is 34.9 Å². The van der Waals surface area contributed by atoms with Crippen molar-refractivity contribution in [3.8, 4) is 0 Å². The zero-order valence-electron chi connectivity index (χ0n) is 11.9. The Balaban J connectivity index is 1.63. The molecule has 19 heavy (non-hydrogen) atoms. The van der Waals surface area contributed by atoms with Crippen LogP contribution in [0, 0.1) is 19.8 Å². The van der Waals surface area contributed by atoms with Gasteiger partial charge in [-0.3, -0.25) is 4.79 Å². The Morgan fingerprint density at radius 2 is 2.11 bits per heavy atom. The lowest BCUT2D eigenvalue weighted by Crippen LogP contribution is -2.25. The number of hydrogen-bond acceptors (Lipinski definition) is 2. The van der Waals surface area contributed by atoms with Crippen LogP contribution >= 0.6 is 0 Å². The molecular weight excluding hydrogens is 238 g/mol. The number of carbonyl (C=O) groups is 1. The van der Waals surface area contributed by atoms with E-state index >= 15 is 0 Å². The van der Waals surface area contributed by atoms with E-state index in [9.17, 15) is 4.79 Å². The molecule has 2 rings (SSSR count). The fraction of sp³-hybridized carbons (Fsp3) is 0.562. The summed E-state index contributed by atoms with van der Waals surface area (Å²) < 4.78 is 5.53. The Kier molecular flexibility index (Phi) is 4.97. The van der Waals surface area contributed by atoms with Gasteiger partial charge in [-0.25, -0.2) is 0 Å². The Morgan fingerprint density at radius 1 is 1.32 bits per heavy atom. The highest BCUT2D eigenvalue weighted by Crippen LogP contribution is 2.28. The van der Waals surface area contributed by atoms with Crippen LogP contribution in [0.25, 0.3) is 0 Å². The number of amides is 1. The van der Waals surface area contributed by atoms with Crippen molar-refractivity contribution in [2.24, 2.45) is 5.92 Å². The fourth-order valence-electron chi connectivity index (χ4n) is 1.90. The van der Waals surface area contributed by atoms with Crippen molar-refractivity contribution >= 4 is 5.91 Å². The highest BCUT2D eigenvalue weighted by Gasteiger charge is 2.20. The molecule has 0 aliphatic heterocycles. The summed E-state index contributed by atoms with van der Waals surface area (Å²) in [6.45, 7) is 6.39. The van der Waals surface area contributed by atoms with E-state index in [2.05, 4.69) is 5.32 Å². The van der Waals surface area contributed by atoms with E-state index in [0.717, 1.165) is 36.7 Å². The molecule has 0 unspecified atom stereocenters. The molecule has 0 heterocycles. The van der Waals surface area contributed by atoms with Crippen molar-refractivity contribution in [1.82, 2.24) is 5.32 Å². The van der Waals surface area contributed by atoms with Gasteiger partial charge in [-0.15, -0.1) is 0 Å². The SMILES string of the molecule is Cc1ccc(C(=O)NCCCOCC2CC2)cc1C. The predicted molar refractivity (Wildman–Crippen MR) is 76.4 cm³/mol. The van der Waals surface area contributed by atoms with Crippen molar-refractivity contribution in [2.75, 3.05) is 19.8 Å². The molecule has 1 N–H and O–H groups in total. The first-order valence-corrected chi connectivity index (χ1v) is 7.10. The van der Waals surface area contributed by atoms with Gasteiger partial charge >= 0.3 is 0 Å². The van der Waals surface area contributed by atoms with Crippen LogP contribution in [0.5, 0.6) is 0 Å². The monoisotopic (exact) mass is 261 g/mol. The zero-order valence-corrected chi connectivity index (χ0v) is 11.9. The first-order valence-electron chi connectivity index (χ1n) is 7.10. The van der Waals surface area contributed by atoms with Gasteiger partial charge in [0.2, 0.25) is 0 Å². The Labute approximate surface area is 115 Å². The van der Waals surface area contributed by atoms with Crippen molar-refractivity contribution in [3.63, 3.8) is 0 Å². The van der Waals surface area contributed by atoms with E-state index in [0.29, 0.717) is 6.54 Å². The minimum Gasteiger partial charge on any atom is -0.381 e. The quantitative estimate of drug-likeness (QED) is 0.766. The lowest BCUT2D eigenvalue weighted by atomic mass is 10.1. The van der Waals surface area contributed by atoms with Gasteiger partial charge in [0.05, 0.1) is 0 Å². The molecule has 1 aromatic carbocycles. The third-order valence-corrected chi connectivity index (χ3v) is 3.57. The average molecular weight is 261 g/mol. The Hall–Kier alpha value is -1.35. The van der Waals surface area contributed by atoms with Gasteiger partial charge in [-0.05, 0) is 62.3 Å². The molecule has 1 amide bonds. The van der Waals surface area contributed by atoms with Crippen molar-refractivity contribution in [1.29, 1.82) is 0 Å². The molecule has 0 bridgehead atoms. The van der Waals surface area contributed by atoms with Crippen LogP contribution in [0.2, 0.25) is 0 Å². The first kappa shape index (κ1) is 14.1. The number of carbonyl (C=O) groups excluding carboxylic acids is 1. The molecule has 1 saturated carbocycles. The molecule has 104 valence electrons. The van der Waals surface area contributed by atoms with E-state index in [1.54, 1.807) is 0 Å². The molecule has 0 radical (unpaired) electrons. The third kappa shape index (κ3) is 4.67. The third-order valence-electron chi connectivity index (χ3n) is 3.57. The van der Waals surface area contributed by atoms with Crippen LogP contribution in [0.1, 0.15) is 40.7 Å². The topological polar surface area (TPSA) is 38.3 Å². The summed E-state index contributed by atoms with van der Waals surface area (Å²) in [7, 11) is 0. The van der Waals surface area contributed by atoms with Gasteiger partial charge in [-0.1, -0.05) is 6.07 Å². The number of aryl methyl sites for hydroxylation is 2. The maximum absolute atomic E-state index is 11.9. The highest BCUT2D eigenvalue weighted by atomic mass is 16.5. The smallest absolute Gasteiger partial charge is 0.251 e. The average Bonchev–Trinajstić information content (AvgIpc) is 3.20. The van der Waals surface area contributed by atoms with E-state index in [4.69, 9.17) is 4.74 Å². The molecule has 1 aliphatic carbocycles. The fourth-order valence-corrected chi connectivity index (χ4v) is 1.90. The summed E-state index contributed by atoms with van der Waals surface area (Å²) in [4.78, 5) is 11.9.